The third-order valence-corrected chi connectivity index (χ3v) is 4.88. The molecule has 8 nitrogen and oxygen atoms in total. The topological polar surface area (TPSA) is 111 Å². The number of carbonyl (C=O) groups excluding carboxylic acids is 1. The van der Waals surface area contributed by atoms with Crippen molar-refractivity contribution in [3.05, 3.63) is 47.6 Å². The average molecular weight is 387 g/mol. The van der Waals surface area contributed by atoms with Crippen molar-refractivity contribution in [3.63, 3.8) is 0 Å². The van der Waals surface area contributed by atoms with Crippen LogP contribution in [0.2, 0.25) is 5.02 Å². The molecule has 1 aliphatic heterocycles. The number of amides is 1. The Kier molecular flexibility index (Phi) is 4.83. The first-order valence-corrected chi connectivity index (χ1v) is 9.05. The van der Waals surface area contributed by atoms with E-state index in [1.54, 1.807) is 6.07 Å². The lowest BCUT2D eigenvalue weighted by Gasteiger charge is -2.22. The van der Waals surface area contributed by atoms with Gasteiger partial charge in [0.05, 0.1) is 22.9 Å². The van der Waals surface area contributed by atoms with Gasteiger partial charge in [-0.1, -0.05) is 17.7 Å². The van der Waals surface area contributed by atoms with E-state index in [4.69, 9.17) is 21.8 Å². The lowest BCUT2D eigenvalue weighted by atomic mass is 10.1. The van der Waals surface area contributed by atoms with Crippen LogP contribution < -0.4 is 16.4 Å². The number of oxazole rings is 1. The first kappa shape index (κ1) is 17.6. The monoisotopic (exact) mass is 386 g/mol. The molecule has 27 heavy (non-hydrogen) atoms. The Labute approximate surface area is 160 Å². The highest BCUT2D eigenvalue weighted by molar-refractivity contribution is 6.34. The third kappa shape index (κ3) is 3.81. The van der Waals surface area contributed by atoms with Crippen LogP contribution in [0.1, 0.15) is 29.4 Å². The summed E-state index contributed by atoms with van der Waals surface area (Å²) >= 11 is 6.24. The van der Waals surface area contributed by atoms with Gasteiger partial charge >= 0.3 is 0 Å². The fraction of sp³-hybridized carbons (Fsp3) is 0.278. The van der Waals surface area contributed by atoms with Gasteiger partial charge in [0.2, 0.25) is 0 Å². The van der Waals surface area contributed by atoms with Crippen molar-refractivity contribution in [1.82, 2.24) is 20.1 Å². The molecule has 2 aromatic heterocycles. The summed E-state index contributed by atoms with van der Waals surface area (Å²) in [5.41, 5.74) is 7.84. The highest BCUT2D eigenvalue weighted by Gasteiger charge is 2.17. The van der Waals surface area contributed by atoms with Crippen LogP contribution in [0.3, 0.4) is 0 Å². The standard InChI is InChI=1S/C18H19ClN6O2/c19-14-4-3-11(6-15(14)23-17(26)16-10-27-18(20)24-16)12-7-22-25(9-12)13-2-1-5-21-8-13/h3-4,6-7,9-10,13,21H,1-2,5,8H2,(H2,20,24)(H,23,26). The minimum atomic E-state index is -0.446. The van der Waals surface area contributed by atoms with E-state index in [2.05, 4.69) is 20.7 Å². The summed E-state index contributed by atoms with van der Waals surface area (Å²) in [4.78, 5) is 16.1. The van der Waals surface area contributed by atoms with Crippen molar-refractivity contribution < 1.29 is 9.21 Å². The second-order valence-electron chi connectivity index (χ2n) is 6.43. The molecule has 9 heteroatoms. The molecule has 0 bridgehead atoms. The number of nitrogens with one attached hydrogen (secondary N) is 2. The smallest absolute Gasteiger partial charge is 0.292 e. The van der Waals surface area contributed by atoms with Crippen LogP contribution in [0.4, 0.5) is 11.7 Å². The quantitative estimate of drug-likeness (QED) is 0.635. The summed E-state index contributed by atoms with van der Waals surface area (Å²) in [5.74, 6) is -0.446. The fourth-order valence-corrected chi connectivity index (χ4v) is 3.29. The third-order valence-electron chi connectivity index (χ3n) is 4.55. The first-order valence-electron chi connectivity index (χ1n) is 8.67. The molecule has 4 N–H and O–H groups in total. The van der Waals surface area contributed by atoms with Gasteiger partial charge in [0, 0.05) is 18.3 Å². The van der Waals surface area contributed by atoms with Gasteiger partial charge in [-0.25, -0.2) is 0 Å². The van der Waals surface area contributed by atoms with Gasteiger partial charge in [0.1, 0.15) is 6.26 Å². The van der Waals surface area contributed by atoms with E-state index in [1.165, 1.54) is 6.26 Å². The lowest BCUT2D eigenvalue weighted by Crippen LogP contribution is -2.31. The second-order valence-corrected chi connectivity index (χ2v) is 6.84. The van der Waals surface area contributed by atoms with Crippen LogP contribution >= 0.6 is 11.6 Å². The maximum atomic E-state index is 12.3. The molecule has 1 saturated heterocycles. The zero-order chi connectivity index (χ0) is 18.8. The Morgan fingerprint density at radius 2 is 2.30 bits per heavy atom. The summed E-state index contributed by atoms with van der Waals surface area (Å²) in [6.07, 6.45) is 7.29. The van der Waals surface area contributed by atoms with E-state index in [9.17, 15) is 4.79 Å². The summed E-state index contributed by atoms with van der Waals surface area (Å²) in [6, 6.07) is 5.74. The van der Waals surface area contributed by atoms with Crippen LogP contribution in [0.15, 0.2) is 41.3 Å². The van der Waals surface area contributed by atoms with E-state index in [-0.39, 0.29) is 11.7 Å². The van der Waals surface area contributed by atoms with Gasteiger partial charge in [0.15, 0.2) is 5.69 Å². The number of nitrogen functional groups attached to an aromatic ring is 1. The molecule has 0 spiro atoms. The maximum absolute atomic E-state index is 12.3. The van der Waals surface area contributed by atoms with Crippen molar-refractivity contribution in [2.45, 2.75) is 18.9 Å². The van der Waals surface area contributed by atoms with E-state index >= 15 is 0 Å². The SMILES string of the molecule is Nc1nc(C(=O)Nc2cc(-c3cnn(C4CCCNC4)c3)ccc2Cl)co1. The minimum Gasteiger partial charge on any atom is -0.431 e. The van der Waals surface area contributed by atoms with Crippen molar-refractivity contribution in [2.24, 2.45) is 0 Å². The van der Waals surface area contributed by atoms with E-state index in [0.717, 1.165) is 37.1 Å². The van der Waals surface area contributed by atoms with Gasteiger partial charge < -0.3 is 20.8 Å². The molecule has 1 amide bonds. The summed E-state index contributed by atoms with van der Waals surface area (Å²) in [6.45, 7) is 1.98. The van der Waals surface area contributed by atoms with Crippen LogP contribution in [0.25, 0.3) is 11.1 Å². The molecule has 0 aliphatic carbocycles. The predicted molar refractivity (Wildman–Crippen MR) is 103 cm³/mol. The molecule has 4 rings (SSSR count). The number of hydrogen-bond acceptors (Lipinski definition) is 6. The summed E-state index contributed by atoms with van der Waals surface area (Å²) < 4.78 is 6.86. The van der Waals surface area contributed by atoms with Crippen LogP contribution in [0.5, 0.6) is 0 Å². The molecule has 3 aromatic rings. The largest absolute Gasteiger partial charge is 0.431 e. The summed E-state index contributed by atoms with van der Waals surface area (Å²) in [7, 11) is 0. The Morgan fingerprint density at radius 3 is 3.04 bits per heavy atom. The number of aromatic nitrogens is 3. The van der Waals surface area contributed by atoms with Gasteiger partial charge in [-0.3, -0.25) is 9.48 Å². The number of piperidine rings is 1. The highest BCUT2D eigenvalue weighted by Crippen LogP contribution is 2.30. The fourth-order valence-electron chi connectivity index (χ4n) is 3.12. The highest BCUT2D eigenvalue weighted by atomic mass is 35.5. The van der Waals surface area contributed by atoms with Gasteiger partial charge in [-0.05, 0) is 37.1 Å². The molecule has 140 valence electrons. The zero-order valence-electron chi connectivity index (χ0n) is 14.5. The predicted octanol–water partition coefficient (Wildman–Crippen LogP) is 2.95. The Hall–Kier alpha value is -2.84. The Balaban J connectivity index is 1.55. The Bertz CT molecular complexity index is 960. The van der Waals surface area contributed by atoms with Crippen molar-refractivity contribution in [3.8, 4) is 11.1 Å². The maximum Gasteiger partial charge on any atom is 0.292 e. The molecule has 0 saturated carbocycles. The van der Waals surface area contributed by atoms with Crippen LogP contribution in [-0.2, 0) is 0 Å². The van der Waals surface area contributed by atoms with Crippen LogP contribution in [0, 0.1) is 0 Å². The molecule has 3 heterocycles. The van der Waals surface area contributed by atoms with Gasteiger partial charge in [-0.2, -0.15) is 10.1 Å². The van der Waals surface area contributed by atoms with Gasteiger partial charge in [-0.15, -0.1) is 0 Å². The zero-order valence-corrected chi connectivity index (χ0v) is 15.2. The molecule has 1 aliphatic rings. The number of nitrogens with zero attached hydrogens (tertiary/aromatic N) is 3. The molecule has 1 atom stereocenters. The number of halogens is 1. The molecule has 1 fully saturated rings. The normalized spacial score (nSPS) is 17.0. The van der Waals surface area contributed by atoms with Crippen molar-refractivity contribution in [2.75, 3.05) is 24.1 Å². The number of anilines is 2. The number of rotatable bonds is 4. The van der Waals surface area contributed by atoms with Crippen molar-refractivity contribution in [1.29, 1.82) is 0 Å². The molecule has 1 aromatic carbocycles. The number of benzene rings is 1. The van der Waals surface area contributed by atoms with Crippen LogP contribution in [-0.4, -0.2) is 33.8 Å². The molecular weight excluding hydrogens is 368 g/mol. The van der Waals surface area contributed by atoms with E-state index in [0.29, 0.717) is 16.8 Å². The van der Waals surface area contributed by atoms with Crippen molar-refractivity contribution >= 4 is 29.2 Å². The lowest BCUT2D eigenvalue weighted by molar-refractivity contribution is 0.102. The van der Waals surface area contributed by atoms with E-state index in [1.807, 2.05) is 29.2 Å². The number of carbonyl (C=O) groups is 1. The second kappa shape index (κ2) is 7.42. The first-order chi connectivity index (χ1) is 13.1. The molecule has 1 unspecified atom stereocenters. The Morgan fingerprint density at radius 1 is 1.41 bits per heavy atom. The number of nitrogens with two attached hydrogens (primary N) is 1. The molecule has 0 radical (unpaired) electrons. The summed E-state index contributed by atoms with van der Waals surface area (Å²) in [5, 5.41) is 11.0. The number of hydrogen-bond donors (Lipinski definition) is 3. The average Bonchev–Trinajstić information content (AvgIpc) is 3.34. The van der Waals surface area contributed by atoms with E-state index < -0.39 is 5.91 Å². The minimum absolute atomic E-state index is 0.0652. The molecular formula is C18H19ClN6O2. The van der Waals surface area contributed by atoms with Gasteiger partial charge in [0.25, 0.3) is 11.9 Å².